The predicted octanol–water partition coefficient (Wildman–Crippen LogP) is 2.88. The third-order valence-corrected chi connectivity index (χ3v) is 3.56. The van der Waals surface area contributed by atoms with Crippen molar-refractivity contribution in [2.45, 2.75) is 33.7 Å². The zero-order valence-electron chi connectivity index (χ0n) is 13.9. The van der Waals surface area contributed by atoms with Gasteiger partial charge in [-0.05, 0) is 59.1 Å². The van der Waals surface area contributed by atoms with Crippen LogP contribution in [0.5, 0.6) is 0 Å². The van der Waals surface area contributed by atoms with E-state index in [-0.39, 0.29) is 0 Å². The quantitative estimate of drug-likeness (QED) is 0.749. The minimum atomic E-state index is 0.956. The highest BCUT2D eigenvalue weighted by Gasteiger charge is 2.09. The minimum absolute atomic E-state index is 0.956. The number of anilines is 1. The second-order valence-electron chi connectivity index (χ2n) is 5.65. The van der Waals surface area contributed by atoms with E-state index in [9.17, 15) is 0 Å². The van der Waals surface area contributed by atoms with Crippen LogP contribution in [-0.2, 0) is 6.54 Å². The van der Waals surface area contributed by atoms with Crippen molar-refractivity contribution in [3.63, 3.8) is 0 Å². The second-order valence-corrected chi connectivity index (χ2v) is 5.65. The van der Waals surface area contributed by atoms with Crippen LogP contribution in [0.1, 0.15) is 31.4 Å². The van der Waals surface area contributed by atoms with Crippen LogP contribution in [0.15, 0.2) is 18.2 Å². The Labute approximate surface area is 125 Å². The third kappa shape index (κ3) is 5.51. The molecule has 0 aliphatic carbocycles. The summed E-state index contributed by atoms with van der Waals surface area (Å²) in [6.45, 7) is 11.9. The van der Waals surface area contributed by atoms with E-state index < -0.39 is 0 Å². The maximum Gasteiger partial charge on any atom is 0.0411 e. The van der Waals surface area contributed by atoms with Crippen molar-refractivity contribution in [1.82, 2.24) is 10.2 Å². The van der Waals surface area contributed by atoms with Gasteiger partial charge in [-0.3, -0.25) is 0 Å². The fourth-order valence-corrected chi connectivity index (χ4v) is 2.45. The number of nitrogens with zero attached hydrogens (tertiary/aromatic N) is 2. The number of hydrogen-bond acceptors (Lipinski definition) is 3. The topological polar surface area (TPSA) is 18.5 Å². The number of hydrogen-bond donors (Lipinski definition) is 1. The van der Waals surface area contributed by atoms with Gasteiger partial charge in [-0.2, -0.15) is 0 Å². The molecule has 0 heterocycles. The molecule has 0 saturated heterocycles. The van der Waals surface area contributed by atoms with Gasteiger partial charge in [0.2, 0.25) is 0 Å². The molecule has 3 heteroatoms. The monoisotopic (exact) mass is 277 g/mol. The van der Waals surface area contributed by atoms with Crippen LogP contribution in [-0.4, -0.2) is 45.2 Å². The summed E-state index contributed by atoms with van der Waals surface area (Å²) < 4.78 is 0. The molecule has 0 atom stereocenters. The molecule has 0 bridgehead atoms. The van der Waals surface area contributed by atoms with Crippen LogP contribution in [0.2, 0.25) is 0 Å². The average molecular weight is 277 g/mol. The fourth-order valence-electron chi connectivity index (χ4n) is 2.45. The first-order valence-corrected chi connectivity index (χ1v) is 7.78. The van der Waals surface area contributed by atoms with Crippen molar-refractivity contribution in [1.29, 1.82) is 0 Å². The van der Waals surface area contributed by atoms with Crippen molar-refractivity contribution in [3.8, 4) is 0 Å². The molecular formula is C17H31N3. The zero-order chi connectivity index (χ0) is 15.0. The number of benzene rings is 1. The lowest BCUT2D eigenvalue weighted by molar-refractivity contribution is 0.400. The van der Waals surface area contributed by atoms with Gasteiger partial charge in [0.25, 0.3) is 0 Å². The Morgan fingerprint density at radius 3 is 2.45 bits per heavy atom. The first kappa shape index (κ1) is 17.0. The van der Waals surface area contributed by atoms with Crippen molar-refractivity contribution in [2.75, 3.05) is 45.2 Å². The molecule has 3 nitrogen and oxygen atoms in total. The second kappa shape index (κ2) is 8.98. The van der Waals surface area contributed by atoms with Crippen LogP contribution in [0.25, 0.3) is 0 Å². The summed E-state index contributed by atoms with van der Waals surface area (Å²) in [6, 6.07) is 6.81. The van der Waals surface area contributed by atoms with E-state index in [1.54, 1.807) is 0 Å². The molecule has 114 valence electrons. The normalized spacial score (nSPS) is 11.1. The van der Waals surface area contributed by atoms with Crippen LogP contribution >= 0.6 is 0 Å². The van der Waals surface area contributed by atoms with Crippen molar-refractivity contribution in [2.24, 2.45) is 0 Å². The molecule has 0 aliphatic rings. The zero-order valence-corrected chi connectivity index (χ0v) is 13.9. The molecule has 0 saturated carbocycles. The molecule has 1 N–H and O–H groups in total. The van der Waals surface area contributed by atoms with Crippen molar-refractivity contribution < 1.29 is 0 Å². The lowest BCUT2D eigenvalue weighted by Gasteiger charge is -2.27. The van der Waals surface area contributed by atoms with E-state index in [1.165, 1.54) is 23.2 Å². The molecule has 0 aliphatic heterocycles. The number of rotatable bonds is 9. The lowest BCUT2D eigenvalue weighted by atomic mass is 10.1. The summed E-state index contributed by atoms with van der Waals surface area (Å²) >= 11 is 0. The van der Waals surface area contributed by atoms with Gasteiger partial charge in [0.15, 0.2) is 0 Å². The molecule has 0 radical (unpaired) electrons. The summed E-state index contributed by atoms with van der Waals surface area (Å²) in [4.78, 5) is 4.75. The largest absolute Gasteiger partial charge is 0.372 e. The van der Waals surface area contributed by atoms with E-state index >= 15 is 0 Å². The summed E-state index contributed by atoms with van der Waals surface area (Å²) in [5.41, 5.74) is 4.14. The van der Waals surface area contributed by atoms with Gasteiger partial charge in [0.1, 0.15) is 0 Å². The minimum Gasteiger partial charge on any atom is -0.372 e. The van der Waals surface area contributed by atoms with Crippen LogP contribution in [0.3, 0.4) is 0 Å². The molecular weight excluding hydrogens is 246 g/mol. The molecule has 1 rings (SSSR count). The Bertz CT molecular complexity index is 388. The van der Waals surface area contributed by atoms with Crippen LogP contribution in [0.4, 0.5) is 5.69 Å². The first-order valence-electron chi connectivity index (χ1n) is 7.78. The summed E-state index contributed by atoms with van der Waals surface area (Å²) in [5.74, 6) is 0. The van der Waals surface area contributed by atoms with E-state index in [2.05, 4.69) is 68.2 Å². The van der Waals surface area contributed by atoms with Crippen molar-refractivity contribution >= 4 is 5.69 Å². The number of nitrogens with one attached hydrogen (secondary N) is 1. The average Bonchev–Trinajstić information content (AvgIpc) is 2.42. The highest BCUT2D eigenvalue weighted by molar-refractivity contribution is 5.55. The van der Waals surface area contributed by atoms with Gasteiger partial charge in [-0.15, -0.1) is 0 Å². The van der Waals surface area contributed by atoms with E-state index in [1.807, 2.05) is 0 Å². The van der Waals surface area contributed by atoms with Gasteiger partial charge in [0.05, 0.1) is 0 Å². The summed E-state index contributed by atoms with van der Waals surface area (Å²) in [5, 5.41) is 3.45. The van der Waals surface area contributed by atoms with Gasteiger partial charge < -0.3 is 15.1 Å². The maximum absolute atomic E-state index is 3.45. The first-order chi connectivity index (χ1) is 9.58. The Balaban J connectivity index is 2.78. The molecule has 0 unspecified atom stereocenters. The summed E-state index contributed by atoms with van der Waals surface area (Å²) in [6.07, 6.45) is 1.20. The molecule has 0 fully saturated rings. The predicted molar refractivity (Wildman–Crippen MR) is 89.6 cm³/mol. The van der Waals surface area contributed by atoms with Gasteiger partial charge >= 0.3 is 0 Å². The molecule has 20 heavy (non-hydrogen) atoms. The molecule has 0 aromatic heterocycles. The van der Waals surface area contributed by atoms with Crippen LogP contribution in [0, 0.1) is 6.92 Å². The lowest BCUT2D eigenvalue weighted by Crippen LogP contribution is -2.28. The molecule has 0 amide bonds. The maximum atomic E-state index is 3.45. The third-order valence-electron chi connectivity index (χ3n) is 3.56. The van der Waals surface area contributed by atoms with Gasteiger partial charge in [-0.25, -0.2) is 0 Å². The van der Waals surface area contributed by atoms with Crippen LogP contribution < -0.4 is 10.2 Å². The Morgan fingerprint density at radius 1 is 1.10 bits per heavy atom. The smallest absolute Gasteiger partial charge is 0.0411 e. The van der Waals surface area contributed by atoms with Crippen molar-refractivity contribution in [3.05, 3.63) is 29.3 Å². The number of aryl methyl sites for hydroxylation is 1. The van der Waals surface area contributed by atoms with Gasteiger partial charge in [0, 0.05) is 25.3 Å². The fraction of sp³-hybridized carbons (Fsp3) is 0.647. The standard InChI is InChI=1S/C17H31N3/c1-6-18-14-16-13-15(3)9-10-17(16)20(7-2)12-8-11-19(4)5/h9-10,13,18H,6-8,11-12,14H2,1-5H3. The Hall–Kier alpha value is -1.06. The molecule has 1 aromatic carbocycles. The van der Waals surface area contributed by atoms with E-state index in [4.69, 9.17) is 0 Å². The van der Waals surface area contributed by atoms with E-state index in [0.29, 0.717) is 0 Å². The SMILES string of the molecule is CCNCc1cc(C)ccc1N(CC)CCCN(C)C. The van der Waals surface area contributed by atoms with E-state index in [0.717, 1.165) is 32.7 Å². The Morgan fingerprint density at radius 2 is 1.85 bits per heavy atom. The molecule has 1 aromatic rings. The Kier molecular flexibility index (Phi) is 7.63. The van der Waals surface area contributed by atoms with Gasteiger partial charge in [-0.1, -0.05) is 24.6 Å². The highest BCUT2D eigenvalue weighted by Crippen LogP contribution is 2.22. The summed E-state index contributed by atoms with van der Waals surface area (Å²) in [7, 11) is 4.28. The molecule has 0 spiro atoms. The highest BCUT2D eigenvalue weighted by atomic mass is 15.1.